The lowest BCUT2D eigenvalue weighted by molar-refractivity contribution is -0.192. The fourth-order valence-electron chi connectivity index (χ4n) is 1.37. The Morgan fingerprint density at radius 2 is 2.17 bits per heavy atom. The number of aliphatic carboxylic acids is 1. The molecule has 1 unspecified atom stereocenters. The molecule has 0 spiro atoms. The number of alkyl halides is 3. The molecule has 0 aliphatic rings. The Morgan fingerprint density at radius 1 is 1.50 bits per heavy atom. The van der Waals surface area contributed by atoms with Crippen molar-refractivity contribution in [3.63, 3.8) is 0 Å². The van der Waals surface area contributed by atoms with Gasteiger partial charge in [0.05, 0.1) is 5.69 Å². The summed E-state index contributed by atoms with van der Waals surface area (Å²) < 4.78 is 37.2. The molecule has 0 bridgehead atoms. The van der Waals surface area contributed by atoms with Gasteiger partial charge in [0.25, 0.3) is 0 Å². The molecule has 1 rings (SSSR count). The topological polar surface area (TPSA) is 62.2 Å². The highest BCUT2D eigenvalue weighted by molar-refractivity contribution is 5.71. The monoisotopic (exact) mass is 262 g/mol. The molecule has 0 saturated carbocycles. The molecule has 0 aliphatic carbocycles. The quantitative estimate of drug-likeness (QED) is 0.852. The van der Waals surface area contributed by atoms with Crippen molar-refractivity contribution in [2.24, 2.45) is 5.92 Å². The number of aromatic nitrogens is 1. The number of nitrogens with zero attached hydrogens (tertiary/aromatic N) is 1. The second-order valence-electron chi connectivity index (χ2n) is 3.82. The molecule has 4 nitrogen and oxygen atoms in total. The highest BCUT2D eigenvalue weighted by Gasteiger charge is 2.44. The fraction of sp³-hybridized carbons (Fsp3) is 0.455. The Hall–Kier alpha value is -1.63. The zero-order valence-electron chi connectivity index (χ0n) is 9.61. The number of halogens is 3. The second kappa shape index (κ2) is 5.81. The summed E-state index contributed by atoms with van der Waals surface area (Å²) in [5.74, 6) is -4.30. The van der Waals surface area contributed by atoms with Crippen LogP contribution >= 0.6 is 0 Å². The van der Waals surface area contributed by atoms with Crippen LogP contribution in [0.1, 0.15) is 18.7 Å². The van der Waals surface area contributed by atoms with E-state index in [0.717, 1.165) is 0 Å². The molecule has 0 fully saturated rings. The lowest BCUT2D eigenvalue weighted by atomic mass is 10.1. The standard InChI is InChI=1S/C11H13F3N2O2/c1-7(9-4-2-3-5-15-9)16-6-8(10(17)18)11(12,13)14/h2-5,7-8,16H,6H2,1H3,(H,17,18)/t7-,8?/m1/s1. The van der Waals surface area contributed by atoms with Crippen molar-refractivity contribution >= 4 is 5.97 Å². The minimum absolute atomic E-state index is 0.449. The zero-order valence-corrected chi connectivity index (χ0v) is 9.61. The molecule has 7 heteroatoms. The van der Waals surface area contributed by atoms with Crippen molar-refractivity contribution in [2.45, 2.75) is 19.1 Å². The molecule has 0 amide bonds. The van der Waals surface area contributed by atoms with Crippen LogP contribution in [0.5, 0.6) is 0 Å². The van der Waals surface area contributed by atoms with Gasteiger partial charge in [0.15, 0.2) is 5.92 Å². The molecule has 0 saturated heterocycles. The van der Waals surface area contributed by atoms with Crippen molar-refractivity contribution in [3.8, 4) is 0 Å². The molecule has 1 aromatic rings. The minimum atomic E-state index is -4.76. The van der Waals surface area contributed by atoms with Gasteiger partial charge in [-0.25, -0.2) is 0 Å². The highest BCUT2D eigenvalue weighted by Crippen LogP contribution is 2.26. The van der Waals surface area contributed by atoms with Crippen LogP contribution in [0.25, 0.3) is 0 Å². The predicted octanol–water partition coefficient (Wildman–Crippen LogP) is 2.00. The minimum Gasteiger partial charge on any atom is -0.481 e. The number of hydrogen-bond acceptors (Lipinski definition) is 3. The van der Waals surface area contributed by atoms with Gasteiger partial charge in [-0.2, -0.15) is 13.2 Å². The fourth-order valence-corrected chi connectivity index (χ4v) is 1.37. The summed E-state index contributed by atoms with van der Waals surface area (Å²) in [6.07, 6.45) is -3.24. The third kappa shape index (κ3) is 3.99. The van der Waals surface area contributed by atoms with Crippen LogP contribution in [0.3, 0.4) is 0 Å². The highest BCUT2D eigenvalue weighted by atomic mass is 19.4. The first-order valence-corrected chi connectivity index (χ1v) is 5.26. The summed E-state index contributed by atoms with van der Waals surface area (Å²) in [7, 11) is 0. The van der Waals surface area contributed by atoms with E-state index < -0.39 is 30.7 Å². The lowest BCUT2D eigenvalue weighted by Gasteiger charge is -2.19. The van der Waals surface area contributed by atoms with E-state index in [1.807, 2.05) is 0 Å². The Labute approximate surface area is 102 Å². The summed E-state index contributed by atoms with van der Waals surface area (Å²) in [5.41, 5.74) is 0.559. The number of pyridine rings is 1. The van der Waals surface area contributed by atoms with Crippen molar-refractivity contribution < 1.29 is 23.1 Å². The Kier molecular flexibility index (Phi) is 4.66. The normalized spacial score (nSPS) is 15.1. The summed E-state index contributed by atoms with van der Waals surface area (Å²) >= 11 is 0. The number of rotatable bonds is 5. The molecular formula is C11H13F3N2O2. The Balaban J connectivity index is 2.61. The van der Waals surface area contributed by atoms with Crippen LogP contribution in [0.2, 0.25) is 0 Å². The van der Waals surface area contributed by atoms with Crippen molar-refractivity contribution in [1.29, 1.82) is 0 Å². The van der Waals surface area contributed by atoms with E-state index in [1.54, 1.807) is 25.1 Å². The Morgan fingerprint density at radius 3 is 2.61 bits per heavy atom. The van der Waals surface area contributed by atoms with Crippen LogP contribution in [0, 0.1) is 5.92 Å². The van der Waals surface area contributed by atoms with Crippen molar-refractivity contribution in [2.75, 3.05) is 6.54 Å². The molecule has 2 N–H and O–H groups in total. The number of carboxylic acid groups (broad SMARTS) is 1. The molecule has 1 aromatic heterocycles. The molecule has 0 aromatic carbocycles. The van der Waals surface area contributed by atoms with Crippen LogP contribution < -0.4 is 5.32 Å². The molecule has 2 atom stereocenters. The van der Waals surface area contributed by atoms with Crippen LogP contribution in [0.4, 0.5) is 13.2 Å². The number of hydrogen-bond donors (Lipinski definition) is 2. The largest absolute Gasteiger partial charge is 0.481 e. The second-order valence-corrected chi connectivity index (χ2v) is 3.82. The van der Waals surface area contributed by atoms with E-state index in [-0.39, 0.29) is 0 Å². The van der Waals surface area contributed by atoms with Gasteiger partial charge in [-0.15, -0.1) is 0 Å². The maximum atomic E-state index is 12.4. The Bertz CT molecular complexity index is 395. The van der Waals surface area contributed by atoms with E-state index in [2.05, 4.69) is 10.3 Å². The first-order valence-electron chi connectivity index (χ1n) is 5.26. The zero-order chi connectivity index (χ0) is 13.8. The first kappa shape index (κ1) is 14.4. The van der Waals surface area contributed by atoms with E-state index in [4.69, 9.17) is 5.11 Å². The summed E-state index contributed by atoms with van der Waals surface area (Å²) in [6.45, 7) is 0.939. The van der Waals surface area contributed by atoms with Crippen molar-refractivity contribution in [3.05, 3.63) is 30.1 Å². The molecular weight excluding hydrogens is 249 g/mol. The number of carboxylic acids is 1. The maximum Gasteiger partial charge on any atom is 0.403 e. The van der Waals surface area contributed by atoms with Gasteiger partial charge in [-0.1, -0.05) is 6.07 Å². The molecule has 0 radical (unpaired) electrons. The summed E-state index contributed by atoms with van der Waals surface area (Å²) in [6, 6.07) is 4.60. The average Bonchev–Trinajstić information content (AvgIpc) is 2.28. The third-order valence-corrected chi connectivity index (χ3v) is 2.45. The molecule has 0 aliphatic heterocycles. The van der Waals surface area contributed by atoms with Crippen LogP contribution in [0.15, 0.2) is 24.4 Å². The van der Waals surface area contributed by atoms with Gasteiger partial charge in [0, 0.05) is 18.8 Å². The van der Waals surface area contributed by atoms with Crippen LogP contribution in [-0.2, 0) is 4.79 Å². The molecule has 100 valence electrons. The smallest absolute Gasteiger partial charge is 0.403 e. The number of carbonyl (C=O) groups is 1. The van der Waals surface area contributed by atoms with E-state index >= 15 is 0 Å². The van der Waals surface area contributed by atoms with E-state index in [1.165, 1.54) is 6.20 Å². The average molecular weight is 262 g/mol. The van der Waals surface area contributed by atoms with Gasteiger partial charge in [-0.3, -0.25) is 9.78 Å². The van der Waals surface area contributed by atoms with E-state index in [9.17, 15) is 18.0 Å². The number of nitrogens with one attached hydrogen (secondary N) is 1. The predicted molar refractivity (Wildman–Crippen MR) is 57.8 cm³/mol. The van der Waals surface area contributed by atoms with Gasteiger partial charge in [0.2, 0.25) is 0 Å². The van der Waals surface area contributed by atoms with Gasteiger partial charge >= 0.3 is 12.1 Å². The lowest BCUT2D eigenvalue weighted by Crippen LogP contribution is -2.39. The molecule has 1 heterocycles. The SMILES string of the molecule is C[C@@H](NCC(C(=O)O)C(F)(F)F)c1ccccn1. The van der Waals surface area contributed by atoms with Crippen molar-refractivity contribution in [1.82, 2.24) is 10.3 Å². The third-order valence-electron chi connectivity index (χ3n) is 2.45. The van der Waals surface area contributed by atoms with Gasteiger partial charge in [0.1, 0.15) is 0 Å². The molecule has 18 heavy (non-hydrogen) atoms. The van der Waals surface area contributed by atoms with E-state index in [0.29, 0.717) is 5.69 Å². The maximum absolute atomic E-state index is 12.4. The van der Waals surface area contributed by atoms with Gasteiger partial charge < -0.3 is 10.4 Å². The first-order chi connectivity index (χ1) is 8.32. The van der Waals surface area contributed by atoms with Crippen LogP contribution in [-0.4, -0.2) is 28.8 Å². The summed E-state index contributed by atoms with van der Waals surface area (Å²) in [5, 5.41) is 11.0. The summed E-state index contributed by atoms with van der Waals surface area (Å²) in [4.78, 5) is 14.5. The van der Waals surface area contributed by atoms with Gasteiger partial charge in [-0.05, 0) is 19.1 Å².